The lowest BCUT2D eigenvalue weighted by atomic mass is 9.70. The van der Waals surface area contributed by atoms with E-state index in [0.717, 1.165) is 25.1 Å². The maximum Gasteiger partial charge on any atom is 0.0986 e. The summed E-state index contributed by atoms with van der Waals surface area (Å²) in [4.78, 5) is 0. The Morgan fingerprint density at radius 3 is 3.00 bits per heavy atom. The Morgan fingerprint density at radius 2 is 2.41 bits per heavy atom. The molecule has 2 heterocycles. The molecule has 1 aromatic heterocycles. The highest BCUT2D eigenvalue weighted by molar-refractivity contribution is 5.07. The molecule has 1 aromatic rings. The average molecular weight is 236 g/mol. The molecular weight excluding hydrogens is 216 g/mol. The number of aliphatic hydroxyl groups is 1. The summed E-state index contributed by atoms with van der Waals surface area (Å²) in [6.45, 7) is 0.791. The quantitative estimate of drug-likeness (QED) is 0.851. The molecule has 94 valence electrons. The summed E-state index contributed by atoms with van der Waals surface area (Å²) < 4.78 is 7.67. The van der Waals surface area contributed by atoms with Crippen LogP contribution >= 0.6 is 0 Å². The monoisotopic (exact) mass is 236 g/mol. The predicted octanol–water partition coefficient (Wildman–Crippen LogP) is 1.80. The zero-order valence-electron chi connectivity index (χ0n) is 10.3. The van der Waals surface area contributed by atoms with E-state index in [1.54, 1.807) is 10.9 Å². The van der Waals surface area contributed by atoms with E-state index >= 15 is 0 Å². The highest BCUT2D eigenvalue weighted by atomic mass is 16.5. The Kier molecular flexibility index (Phi) is 2.71. The maximum atomic E-state index is 10.5. The van der Waals surface area contributed by atoms with Crippen molar-refractivity contribution < 1.29 is 9.84 Å². The lowest BCUT2D eigenvalue weighted by molar-refractivity contribution is -0.157. The van der Waals surface area contributed by atoms with Gasteiger partial charge in [0.05, 0.1) is 17.4 Å². The molecule has 2 atom stereocenters. The Labute approximate surface area is 102 Å². The molecule has 2 fully saturated rings. The van der Waals surface area contributed by atoms with Crippen molar-refractivity contribution in [3.63, 3.8) is 0 Å². The third-order valence-corrected chi connectivity index (χ3v) is 4.40. The van der Waals surface area contributed by atoms with E-state index in [9.17, 15) is 5.11 Å². The molecule has 1 saturated carbocycles. The molecule has 4 nitrogen and oxygen atoms in total. The van der Waals surface area contributed by atoms with Gasteiger partial charge in [-0.2, -0.15) is 5.10 Å². The van der Waals surface area contributed by atoms with Crippen LogP contribution in [0.2, 0.25) is 0 Å². The van der Waals surface area contributed by atoms with Crippen molar-refractivity contribution in [1.29, 1.82) is 0 Å². The zero-order valence-corrected chi connectivity index (χ0v) is 10.3. The average Bonchev–Trinajstić information content (AvgIpc) is 2.73. The van der Waals surface area contributed by atoms with Gasteiger partial charge in [0.2, 0.25) is 0 Å². The molecule has 0 radical (unpaired) electrons. The Hall–Kier alpha value is -0.870. The summed E-state index contributed by atoms with van der Waals surface area (Å²) in [5.74, 6) is 0.319. The predicted molar refractivity (Wildman–Crippen MR) is 63.4 cm³/mol. The molecular formula is C13H20N2O2. The first-order chi connectivity index (χ1) is 8.20. The van der Waals surface area contributed by atoms with E-state index < -0.39 is 6.10 Å². The van der Waals surface area contributed by atoms with Crippen LogP contribution in [0.4, 0.5) is 0 Å². The van der Waals surface area contributed by atoms with Crippen LogP contribution in [0.1, 0.15) is 43.9 Å². The van der Waals surface area contributed by atoms with Gasteiger partial charge in [-0.05, 0) is 44.1 Å². The van der Waals surface area contributed by atoms with Crippen LogP contribution in [0.15, 0.2) is 12.3 Å². The summed E-state index contributed by atoms with van der Waals surface area (Å²) in [5.41, 5.74) is 1.02. The summed E-state index contributed by atoms with van der Waals surface area (Å²) in [6, 6.07) is 1.91. The van der Waals surface area contributed by atoms with Crippen molar-refractivity contribution in [2.24, 2.45) is 13.0 Å². The van der Waals surface area contributed by atoms with E-state index in [1.165, 1.54) is 19.3 Å². The summed E-state index contributed by atoms with van der Waals surface area (Å²) in [7, 11) is 1.89. The molecule has 1 aliphatic heterocycles. The minimum atomic E-state index is -0.399. The number of ether oxygens (including phenoxy) is 1. The van der Waals surface area contributed by atoms with Crippen LogP contribution in [-0.4, -0.2) is 27.1 Å². The van der Waals surface area contributed by atoms with Crippen molar-refractivity contribution in [2.75, 3.05) is 6.61 Å². The van der Waals surface area contributed by atoms with Crippen LogP contribution in [0, 0.1) is 5.92 Å². The van der Waals surface area contributed by atoms with E-state index in [1.807, 2.05) is 13.1 Å². The van der Waals surface area contributed by atoms with E-state index in [-0.39, 0.29) is 5.60 Å². The van der Waals surface area contributed by atoms with Crippen LogP contribution in [0.25, 0.3) is 0 Å². The molecule has 2 unspecified atom stereocenters. The van der Waals surface area contributed by atoms with Gasteiger partial charge in [0.15, 0.2) is 0 Å². The number of aliphatic hydroxyl groups excluding tert-OH is 1. The molecule has 2 aliphatic rings. The smallest absolute Gasteiger partial charge is 0.0986 e. The van der Waals surface area contributed by atoms with E-state index in [2.05, 4.69) is 5.10 Å². The molecule has 1 N–H and O–H groups in total. The van der Waals surface area contributed by atoms with E-state index in [0.29, 0.717) is 5.92 Å². The molecule has 0 bridgehead atoms. The number of aromatic nitrogens is 2. The fraction of sp³-hybridized carbons (Fsp3) is 0.769. The molecule has 0 aromatic carbocycles. The van der Waals surface area contributed by atoms with Gasteiger partial charge in [0.25, 0.3) is 0 Å². The van der Waals surface area contributed by atoms with Crippen molar-refractivity contribution in [3.8, 4) is 0 Å². The second-order valence-corrected chi connectivity index (χ2v) is 5.46. The second-order valence-electron chi connectivity index (χ2n) is 5.46. The van der Waals surface area contributed by atoms with Gasteiger partial charge >= 0.3 is 0 Å². The van der Waals surface area contributed by atoms with Gasteiger partial charge in [-0.25, -0.2) is 0 Å². The van der Waals surface area contributed by atoms with Gasteiger partial charge in [-0.15, -0.1) is 0 Å². The molecule has 0 amide bonds. The van der Waals surface area contributed by atoms with Gasteiger partial charge in [0, 0.05) is 19.9 Å². The first-order valence-electron chi connectivity index (χ1n) is 6.50. The second kappa shape index (κ2) is 4.10. The highest BCUT2D eigenvalue weighted by Gasteiger charge is 2.44. The van der Waals surface area contributed by atoms with Crippen LogP contribution in [0.3, 0.4) is 0 Å². The van der Waals surface area contributed by atoms with Crippen LogP contribution in [0.5, 0.6) is 0 Å². The number of hydrogen-bond donors (Lipinski definition) is 1. The molecule has 1 spiro atoms. The Morgan fingerprint density at radius 1 is 1.59 bits per heavy atom. The SMILES string of the molecule is Cn1nccc1C(O)C1CCOC2(CCC2)C1. The third-order valence-electron chi connectivity index (χ3n) is 4.40. The molecule has 4 heteroatoms. The van der Waals surface area contributed by atoms with Gasteiger partial charge in [-0.1, -0.05) is 0 Å². The molecule has 3 rings (SSSR count). The topological polar surface area (TPSA) is 47.3 Å². The lowest BCUT2D eigenvalue weighted by Crippen LogP contribution is -2.46. The fourth-order valence-electron chi connectivity index (χ4n) is 3.17. The molecule has 1 saturated heterocycles. The fourth-order valence-corrected chi connectivity index (χ4v) is 3.17. The largest absolute Gasteiger partial charge is 0.387 e. The maximum absolute atomic E-state index is 10.5. The van der Waals surface area contributed by atoms with Crippen molar-refractivity contribution >= 4 is 0 Å². The first kappa shape index (κ1) is 11.2. The van der Waals surface area contributed by atoms with Crippen LogP contribution < -0.4 is 0 Å². The van der Waals surface area contributed by atoms with Crippen LogP contribution in [-0.2, 0) is 11.8 Å². The minimum absolute atomic E-state index is 0.0997. The summed E-state index contributed by atoms with van der Waals surface area (Å²) >= 11 is 0. The number of hydrogen-bond acceptors (Lipinski definition) is 3. The number of aryl methyl sites for hydroxylation is 1. The molecule has 17 heavy (non-hydrogen) atoms. The van der Waals surface area contributed by atoms with Gasteiger partial charge in [0.1, 0.15) is 0 Å². The Balaban J connectivity index is 1.73. The van der Waals surface area contributed by atoms with Crippen molar-refractivity contribution in [3.05, 3.63) is 18.0 Å². The standard InChI is InChI=1S/C13H20N2O2/c1-15-11(3-7-14-15)12(16)10-4-8-17-13(9-10)5-2-6-13/h3,7,10,12,16H,2,4-6,8-9H2,1H3. The highest BCUT2D eigenvalue weighted by Crippen LogP contribution is 2.47. The zero-order chi connectivity index (χ0) is 11.9. The summed E-state index contributed by atoms with van der Waals surface area (Å²) in [6.07, 6.45) is 6.91. The van der Waals surface area contributed by atoms with Crippen molar-refractivity contribution in [1.82, 2.24) is 9.78 Å². The number of nitrogens with zero attached hydrogens (tertiary/aromatic N) is 2. The van der Waals surface area contributed by atoms with Gasteiger partial charge < -0.3 is 9.84 Å². The minimum Gasteiger partial charge on any atom is -0.387 e. The lowest BCUT2D eigenvalue weighted by Gasteiger charge is -2.48. The van der Waals surface area contributed by atoms with E-state index in [4.69, 9.17) is 4.74 Å². The normalized spacial score (nSPS) is 28.9. The third kappa shape index (κ3) is 1.89. The van der Waals surface area contributed by atoms with Crippen molar-refractivity contribution in [2.45, 2.75) is 43.8 Å². The van der Waals surface area contributed by atoms with Gasteiger partial charge in [-0.3, -0.25) is 4.68 Å². The first-order valence-corrected chi connectivity index (χ1v) is 6.50. The molecule has 1 aliphatic carbocycles. The number of rotatable bonds is 2. The summed E-state index contributed by atoms with van der Waals surface area (Å²) in [5, 5.41) is 14.6. The Bertz CT molecular complexity index is 398.